The Morgan fingerprint density at radius 1 is 1.18 bits per heavy atom. The molecule has 1 aromatic heterocycles. The molecule has 2 heterocycles. The molecule has 1 aliphatic carbocycles. The number of pyridine rings is 1. The van der Waals surface area contributed by atoms with Gasteiger partial charge in [0, 0.05) is 55.6 Å². The molecule has 8 heteroatoms. The predicted molar refractivity (Wildman–Crippen MR) is 125 cm³/mol. The van der Waals surface area contributed by atoms with E-state index in [9.17, 15) is 18.8 Å². The van der Waals surface area contributed by atoms with Crippen molar-refractivity contribution in [2.45, 2.75) is 52.1 Å². The van der Waals surface area contributed by atoms with Crippen LogP contribution in [0.4, 0.5) is 10.1 Å². The van der Waals surface area contributed by atoms with Gasteiger partial charge < -0.3 is 15.2 Å². The number of hydrogen-bond acceptors (Lipinski definition) is 4. The Morgan fingerprint density at radius 2 is 1.94 bits per heavy atom. The van der Waals surface area contributed by atoms with E-state index in [1.807, 2.05) is 4.90 Å². The molecule has 1 aliphatic heterocycles. The van der Waals surface area contributed by atoms with Gasteiger partial charge in [-0.15, -0.1) is 0 Å². The summed E-state index contributed by atoms with van der Waals surface area (Å²) in [5, 5.41) is 2.74. The van der Waals surface area contributed by atoms with Gasteiger partial charge in [0.05, 0.1) is 0 Å². The van der Waals surface area contributed by atoms with Crippen LogP contribution in [0.15, 0.2) is 35.3 Å². The van der Waals surface area contributed by atoms with Crippen LogP contribution in [0.3, 0.4) is 0 Å². The molecule has 2 amide bonds. The van der Waals surface area contributed by atoms with Gasteiger partial charge in [0.2, 0.25) is 5.91 Å². The van der Waals surface area contributed by atoms with Crippen molar-refractivity contribution in [2.24, 2.45) is 5.92 Å². The van der Waals surface area contributed by atoms with Gasteiger partial charge in [-0.1, -0.05) is 12.8 Å². The van der Waals surface area contributed by atoms with Crippen molar-refractivity contribution in [3.8, 4) is 0 Å². The third-order valence-electron chi connectivity index (χ3n) is 6.93. The molecule has 2 fully saturated rings. The van der Waals surface area contributed by atoms with Crippen molar-refractivity contribution in [3.63, 3.8) is 0 Å². The molecule has 2 N–H and O–H groups in total. The lowest BCUT2D eigenvalue weighted by atomic mass is 10.0. The number of amides is 2. The van der Waals surface area contributed by atoms with Gasteiger partial charge in [0.15, 0.2) is 0 Å². The third kappa shape index (κ3) is 5.00. The van der Waals surface area contributed by atoms with Gasteiger partial charge in [-0.2, -0.15) is 0 Å². The van der Waals surface area contributed by atoms with Crippen LogP contribution < -0.4 is 10.9 Å². The van der Waals surface area contributed by atoms with Crippen LogP contribution in [0.25, 0.3) is 0 Å². The topological polar surface area (TPSA) is 85.5 Å². The zero-order chi connectivity index (χ0) is 23.5. The average molecular weight is 455 g/mol. The van der Waals surface area contributed by atoms with E-state index in [0.29, 0.717) is 43.0 Å². The number of piperazine rings is 1. The zero-order valence-corrected chi connectivity index (χ0v) is 19.2. The first-order valence-corrected chi connectivity index (χ1v) is 11.6. The second-order valence-corrected chi connectivity index (χ2v) is 9.16. The predicted octanol–water partition coefficient (Wildman–Crippen LogP) is 3.30. The minimum absolute atomic E-state index is 0.000323. The number of nitrogens with one attached hydrogen (secondary N) is 2. The molecule has 1 saturated carbocycles. The molecule has 176 valence electrons. The van der Waals surface area contributed by atoms with Gasteiger partial charge in [-0.05, 0) is 56.5 Å². The first-order valence-electron chi connectivity index (χ1n) is 11.6. The third-order valence-corrected chi connectivity index (χ3v) is 6.93. The normalized spacial score (nSPS) is 19.6. The van der Waals surface area contributed by atoms with Crippen LogP contribution in [-0.4, -0.2) is 52.3 Å². The second kappa shape index (κ2) is 9.87. The SMILES string of the molecule is Cc1c(NC(=O)c2ccc[nH]c2=O)ccc(F)c1CN1CCN(C(=O)C2CCCC2)[C@@H](C)C1. The Bertz CT molecular complexity index is 1090. The summed E-state index contributed by atoms with van der Waals surface area (Å²) in [7, 11) is 0. The number of H-pyrrole nitrogens is 1. The van der Waals surface area contributed by atoms with Gasteiger partial charge in [-0.25, -0.2) is 4.39 Å². The van der Waals surface area contributed by atoms with Gasteiger partial charge in [0.1, 0.15) is 11.4 Å². The summed E-state index contributed by atoms with van der Waals surface area (Å²) >= 11 is 0. The van der Waals surface area contributed by atoms with Crippen molar-refractivity contribution in [3.05, 3.63) is 63.3 Å². The zero-order valence-electron chi connectivity index (χ0n) is 19.2. The number of carbonyl (C=O) groups is 2. The van der Waals surface area contributed by atoms with Crippen LogP contribution in [0.5, 0.6) is 0 Å². The Morgan fingerprint density at radius 3 is 2.64 bits per heavy atom. The van der Waals surface area contributed by atoms with E-state index in [-0.39, 0.29) is 29.2 Å². The highest BCUT2D eigenvalue weighted by atomic mass is 19.1. The highest BCUT2D eigenvalue weighted by molar-refractivity contribution is 6.04. The number of anilines is 1. The first kappa shape index (κ1) is 23.2. The summed E-state index contributed by atoms with van der Waals surface area (Å²) in [5.74, 6) is -0.441. The van der Waals surface area contributed by atoms with E-state index < -0.39 is 11.5 Å². The van der Waals surface area contributed by atoms with Crippen molar-refractivity contribution < 1.29 is 14.0 Å². The Hall–Kier alpha value is -3.00. The Balaban J connectivity index is 1.44. The van der Waals surface area contributed by atoms with Crippen molar-refractivity contribution in [1.82, 2.24) is 14.8 Å². The molecular formula is C25H31FN4O3. The maximum atomic E-state index is 14.8. The molecule has 1 saturated heterocycles. The van der Waals surface area contributed by atoms with Crippen LogP contribution in [-0.2, 0) is 11.3 Å². The minimum atomic E-state index is -0.537. The van der Waals surface area contributed by atoms with Crippen LogP contribution >= 0.6 is 0 Å². The van der Waals surface area contributed by atoms with Gasteiger partial charge in [-0.3, -0.25) is 19.3 Å². The van der Waals surface area contributed by atoms with E-state index in [1.165, 1.54) is 24.4 Å². The molecule has 2 aliphatic rings. The molecular weight excluding hydrogens is 423 g/mol. The fourth-order valence-electron chi connectivity index (χ4n) is 4.98. The number of nitrogens with zero attached hydrogens (tertiary/aromatic N) is 2. The first-order chi connectivity index (χ1) is 15.8. The van der Waals surface area contributed by atoms with E-state index in [0.717, 1.165) is 25.7 Å². The largest absolute Gasteiger partial charge is 0.337 e. The second-order valence-electron chi connectivity index (χ2n) is 9.16. The maximum Gasteiger partial charge on any atom is 0.261 e. The number of halogens is 1. The molecule has 4 rings (SSSR count). The molecule has 2 aromatic rings. The quantitative estimate of drug-likeness (QED) is 0.726. The molecule has 33 heavy (non-hydrogen) atoms. The fraction of sp³-hybridized carbons (Fsp3) is 0.480. The van der Waals surface area contributed by atoms with E-state index in [1.54, 1.807) is 13.0 Å². The number of carbonyl (C=O) groups excluding carboxylic acids is 2. The molecule has 1 atom stereocenters. The standard InChI is InChI=1S/C25H31FN4O3/c1-16-14-29(12-13-30(16)25(33)18-6-3-4-7-18)15-20-17(2)22(10-9-21(20)26)28-24(32)19-8-5-11-27-23(19)31/h5,8-11,16,18H,3-4,6-7,12-15H2,1-2H3,(H,27,31)(H,28,32)/t16-/m0/s1. The summed E-state index contributed by atoms with van der Waals surface area (Å²) < 4.78 is 14.8. The molecule has 1 aromatic carbocycles. The maximum absolute atomic E-state index is 14.8. The van der Waals surface area contributed by atoms with Crippen molar-refractivity contribution in [2.75, 3.05) is 25.0 Å². The smallest absolute Gasteiger partial charge is 0.261 e. The van der Waals surface area contributed by atoms with Crippen molar-refractivity contribution >= 4 is 17.5 Å². The van der Waals surface area contributed by atoms with E-state index in [2.05, 4.69) is 22.1 Å². The number of rotatable bonds is 5. The monoisotopic (exact) mass is 454 g/mol. The van der Waals surface area contributed by atoms with E-state index >= 15 is 0 Å². The lowest BCUT2D eigenvalue weighted by Gasteiger charge is -2.41. The molecule has 0 radical (unpaired) electrons. The number of benzene rings is 1. The summed E-state index contributed by atoms with van der Waals surface area (Å²) in [5.41, 5.74) is 1.14. The Kier molecular flexibility index (Phi) is 6.93. The lowest BCUT2D eigenvalue weighted by Crippen LogP contribution is -2.54. The van der Waals surface area contributed by atoms with Crippen LogP contribution in [0.2, 0.25) is 0 Å². The lowest BCUT2D eigenvalue weighted by molar-refractivity contribution is -0.140. The Labute approximate surface area is 193 Å². The van der Waals surface area contributed by atoms with Gasteiger partial charge >= 0.3 is 0 Å². The minimum Gasteiger partial charge on any atom is -0.337 e. The summed E-state index contributed by atoms with van der Waals surface area (Å²) in [6.45, 7) is 6.21. The number of hydrogen-bond donors (Lipinski definition) is 2. The molecule has 0 unspecified atom stereocenters. The molecule has 0 spiro atoms. The average Bonchev–Trinajstić information content (AvgIpc) is 3.33. The summed E-state index contributed by atoms with van der Waals surface area (Å²) in [4.78, 5) is 43.9. The summed E-state index contributed by atoms with van der Waals surface area (Å²) in [6.07, 6.45) is 5.71. The summed E-state index contributed by atoms with van der Waals surface area (Å²) in [6, 6.07) is 5.96. The number of aromatic nitrogens is 1. The highest BCUT2D eigenvalue weighted by Crippen LogP contribution is 2.29. The number of aromatic amines is 1. The highest BCUT2D eigenvalue weighted by Gasteiger charge is 2.33. The van der Waals surface area contributed by atoms with Crippen LogP contribution in [0, 0.1) is 18.7 Å². The fourth-order valence-corrected chi connectivity index (χ4v) is 4.98. The molecule has 7 nitrogen and oxygen atoms in total. The van der Waals surface area contributed by atoms with Crippen molar-refractivity contribution in [1.29, 1.82) is 0 Å². The molecule has 0 bridgehead atoms. The van der Waals surface area contributed by atoms with E-state index in [4.69, 9.17) is 0 Å². The van der Waals surface area contributed by atoms with Gasteiger partial charge in [0.25, 0.3) is 11.5 Å². The van der Waals surface area contributed by atoms with Crippen LogP contribution in [0.1, 0.15) is 54.1 Å².